The summed E-state index contributed by atoms with van der Waals surface area (Å²) in [6.45, 7) is 0. The highest BCUT2D eigenvalue weighted by Gasteiger charge is 2.05. The molecule has 0 radical (unpaired) electrons. The molecule has 1 heterocycles. The molecule has 0 aliphatic heterocycles. The summed E-state index contributed by atoms with van der Waals surface area (Å²) in [5, 5.41) is 12.6. The third-order valence-electron chi connectivity index (χ3n) is 2.20. The maximum absolute atomic E-state index is 8.57. The lowest BCUT2D eigenvalue weighted by molar-refractivity contribution is 1.07. The Morgan fingerprint density at radius 2 is 2.12 bits per heavy atom. The zero-order valence-electron chi connectivity index (χ0n) is 8.78. The summed E-state index contributed by atoms with van der Waals surface area (Å²) in [4.78, 5) is 4.37. The zero-order chi connectivity index (χ0) is 12.3. The van der Waals surface area contributed by atoms with Gasteiger partial charge in [0.2, 0.25) is 0 Å². The van der Waals surface area contributed by atoms with Gasteiger partial charge in [-0.2, -0.15) is 5.26 Å². The highest BCUT2D eigenvalue weighted by molar-refractivity contribution is 7.09. The number of nitrogens with zero attached hydrogens (tertiary/aromatic N) is 2. The van der Waals surface area contributed by atoms with E-state index in [9.17, 15) is 0 Å². The monoisotopic (exact) mass is 282 g/mol. The lowest BCUT2D eigenvalue weighted by atomic mass is 10.2. The van der Waals surface area contributed by atoms with E-state index in [2.05, 4.69) is 11.1 Å². The molecule has 1 aromatic carbocycles. The van der Waals surface area contributed by atoms with Gasteiger partial charge in [-0.25, -0.2) is 4.98 Å². The number of thiazole rings is 1. The molecule has 0 saturated heterocycles. The number of hydrogen-bond acceptors (Lipinski definition) is 3. The van der Waals surface area contributed by atoms with Gasteiger partial charge in [0.25, 0.3) is 0 Å². The van der Waals surface area contributed by atoms with Crippen molar-refractivity contribution in [2.24, 2.45) is 0 Å². The predicted octanol–water partition coefficient (Wildman–Crippen LogP) is 4.11. The van der Waals surface area contributed by atoms with Gasteiger partial charge < -0.3 is 0 Å². The summed E-state index contributed by atoms with van der Waals surface area (Å²) in [5.41, 5.74) is 1.89. The molecule has 17 heavy (non-hydrogen) atoms. The number of nitriles is 1. The van der Waals surface area contributed by atoms with Crippen LogP contribution in [0.5, 0.6) is 0 Å². The van der Waals surface area contributed by atoms with Crippen LogP contribution in [0.3, 0.4) is 0 Å². The molecule has 0 N–H and O–H groups in total. The van der Waals surface area contributed by atoms with E-state index in [0.29, 0.717) is 22.9 Å². The molecule has 0 spiro atoms. The topological polar surface area (TPSA) is 36.7 Å². The van der Waals surface area contributed by atoms with Crippen molar-refractivity contribution >= 4 is 34.5 Å². The van der Waals surface area contributed by atoms with Crippen LogP contribution >= 0.6 is 34.5 Å². The quantitative estimate of drug-likeness (QED) is 0.850. The van der Waals surface area contributed by atoms with E-state index in [1.165, 1.54) is 0 Å². The smallest absolute Gasteiger partial charge is 0.0972 e. The number of hydrogen-bond donors (Lipinski definition) is 0. The molecular formula is C12H8Cl2N2S. The largest absolute Gasteiger partial charge is 0.245 e. The molecule has 2 aromatic rings. The Kier molecular flexibility index (Phi) is 4.01. The van der Waals surface area contributed by atoms with Crippen molar-refractivity contribution in [3.63, 3.8) is 0 Å². The van der Waals surface area contributed by atoms with Crippen LogP contribution in [0.2, 0.25) is 10.0 Å². The fourth-order valence-corrected chi connectivity index (χ4v) is 2.57. The van der Waals surface area contributed by atoms with Gasteiger partial charge in [-0.3, -0.25) is 0 Å². The van der Waals surface area contributed by atoms with Crippen molar-refractivity contribution in [2.45, 2.75) is 12.8 Å². The average molecular weight is 283 g/mol. The van der Waals surface area contributed by atoms with Gasteiger partial charge in [0.1, 0.15) is 0 Å². The number of benzene rings is 1. The van der Waals surface area contributed by atoms with Gasteiger partial charge in [0, 0.05) is 11.8 Å². The van der Waals surface area contributed by atoms with Crippen molar-refractivity contribution in [3.05, 3.63) is 49.9 Å². The molecular weight excluding hydrogens is 275 g/mol. The number of rotatable bonds is 3. The van der Waals surface area contributed by atoms with E-state index < -0.39 is 0 Å². The van der Waals surface area contributed by atoms with Crippen LogP contribution in [-0.4, -0.2) is 4.98 Å². The van der Waals surface area contributed by atoms with Crippen LogP contribution in [-0.2, 0) is 12.8 Å². The molecule has 1 aromatic heterocycles. The van der Waals surface area contributed by atoms with Gasteiger partial charge in [0.15, 0.2) is 0 Å². The summed E-state index contributed by atoms with van der Waals surface area (Å²) in [7, 11) is 0. The third kappa shape index (κ3) is 3.19. The van der Waals surface area contributed by atoms with E-state index >= 15 is 0 Å². The second-order valence-electron chi connectivity index (χ2n) is 3.49. The summed E-state index contributed by atoms with van der Waals surface area (Å²) < 4.78 is 0. The maximum atomic E-state index is 8.57. The van der Waals surface area contributed by atoms with Crippen molar-refractivity contribution in [3.8, 4) is 6.07 Å². The molecule has 2 nitrogen and oxygen atoms in total. The summed E-state index contributed by atoms with van der Waals surface area (Å²) in [5.74, 6) is 0. The fraction of sp³-hybridized carbons (Fsp3) is 0.167. The van der Waals surface area contributed by atoms with Crippen LogP contribution in [0, 0.1) is 11.3 Å². The highest BCUT2D eigenvalue weighted by Crippen LogP contribution is 2.24. The van der Waals surface area contributed by atoms with Gasteiger partial charge in [-0.15, -0.1) is 11.3 Å². The molecule has 0 fully saturated rings. The molecule has 2 rings (SSSR count). The summed E-state index contributed by atoms with van der Waals surface area (Å²) in [6, 6.07) is 7.64. The molecule has 0 saturated carbocycles. The lowest BCUT2D eigenvalue weighted by Gasteiger charge is -2.00. The Morgan fingerprint density at radius 1 is 1.29 bits per heavy atom. The lowest BCUT2D eigenvalue weighted by Crippen LogP contribution is -1.89. The fourth-order valence-electron chi connectivity index (χ4n) is 1.42. The molecule has 0 aliphatic carbocycles. The molecule has 0 aliphatic rings. The minimum absolute atomic E-state index is 0.359. The van der Waals surface area contributed by atoms with E-state index in [4.69, 9.17) is 28.5 Å². The first kappa shape index (κ1) is 12.4. The van der Waals surface area contributed by atoms with E-state index in [1.54, 1.807) is 17.4 Å². The summed E-state index contributed by atoms with van der Waals surface area (Å²) in [6.07, 6.45) is 1.07. The second kappa shape index (κ2) is 5.50. The predicted molar refractivity (Wildman–Crippen MR) is 70.7 cm³/mol. The first-order chi connectivity index (χ1) is 8.19. The highest BCUT2D eigenvalue weighted by atomic mass is 35.5. The standard InChI is InChI=1S/C12H8Cl2N2S/c13-10-2-1-8(5-11(10)14)6-12-16-9(3-4-15)7-17-12/h1-2,5,7H,3,6H2. The van der Waals surface area contributed by atoms with Crippen molar-refractivity contribution < 1.29 is 0 Å². The first-order valence-electron chi connectivity index (χ1n) is 4.93. The van der Waals surface area contributed by atoms with Crippen molar-refractivity contribution in [2.75, 3.05) is 0 Å². The third-order valence-corrected chi connectivity index (χ3v) is 3.84. The van der Waals surface area contributed by atoms with Gasteiger partial charge >= 0.3 is 0 Å². The molecule has 0 unspecified atom stereocenters. The van der Waals surface area contributed by atoms with Crippen LogP contribution in [0.25, 0.3) is 0 Å². The molecule has 0 bridgehead atoms. The zero-order valence-corrected chi connectivity index (χ0v) is 11.1. The van der Waals surface area contributed by atoms with E-state index in [1.807, 2.05) is 17.5 Å². The normalized spacial score (nSPS) is 10.2. The Balaban J connectivity index is 2.14. The number of aromatic nitrogens is 1. The summed E-state index contributed by atoms with van der Waals surface area (Å²) >= 11 is 13.3. The number of halogens is 2. The van der Waals surface area contributed by atoms with Crippen LogP contribution in [0.15, 0.2) is 23.6 Å². The minimum Gasteiger partial charge on any atom is -0.245 e. The van der Waals surface area contributed by atoms with Crippen LogP contribution < -0.4 is 0 Å². The Labute approximate surface area is 113 Å². The first-order valence-corrected chi connectivity index (χ1v) is 6.57. The van der Waals surface area contributed by atoms with E-state index in [-0.39, 0.29) is 0 Å². The van der Waals surface area contributed by atoms with Crippen molar-refractivity contribution in [1.29, 1.82) is 5.26 Å². The SMILES string of the molecule is N#CCc1csc(Cc2ccc(Cl)c(Cl)c2)n1. The molecule has 0 amide bonds. The van der Waals surface area contributed by atoms with Crippen molar-refractivity contribution in [1.82, 2.24) is 4.98 Å². The Bertz CT molecular complexity index is 572. The van der Waals surface area contributed by atoms with E-state index in [0.717, 1.165) is 16.3 Å². The average Bonchev–Trinajstić information content (AvgIpc) is 2.72. The molecule has 0 atom stereocenters. The Hall–Kier alpha value is -1.08. The molecule has 86 valence electrons. The minimum atomic E-state index is 0.359. The second-order valence-corrected chi connectivity index (χ2v) is 5.25. The molecule has 5 heteroatoms. The van der Waals surface area contributed by atoms with Gasteiger partial charge in [0.05, 0.1) is 33.2 Å². The van der Waals surface area contributed by atoms with Crippen LogP contribution in [0.4, 0.5) is 0 Å². The Morgan fingerprint density at radius 3 is 2.82 bits per heavy atom. The maximum Gasteiger partial charge on any atom is 0.0972 e. The van der Waals surface area contributed by atoms with Gasteiger partial charge in [-0.05, 0) is 17.7 Å². The van der Waals surface area contributed by atoms with Gasteiger partial charge in [-0.1, -0.05) is 29.3 Å². The van der Waals surface area contributed by atoms with Crippen LogP contribution in [0.1, 0.15) is 16.3 Å².